The summed E-state index contributed by atoms with van der Waals surface area (Å²) in [6.07, 6.45) is 0. The van der Waals surface area contributed by atoms with E-state index in [4.69, 9.17) is 4.11 Å². The lowest BCUT2D eigenvalue weighted by Crippen LogP contribution is -2.10. The first-order chi connectivity index (χ1) is 6.00. The maximum absolute atomic E-state index is 7.15. The van der Waals surface area contributed by atoms with E-state index in [9.17, 15) is 0 Å². The van der Waals surface area contributed by atoms with Crippen molar-refractivity contribution in [2.24, 2.45) is 0 Å². The smallest absolute Gasteiger partial charge is 0.0394 e. The normalized spacial score (nSPS) is 14.5. The monoisotopic (exact) mass is 218 g/mol. The summed E-state index contributed by atoms with van der Waals surface area (Å²) in [6, 6.07) is 9.56. The predicted octanol–water partition coefficient (Wildman–Crippen LogP) is 2.33. The second-order valence-electron chi connectivity index (χ2n) is 2.34. The van der Waals surface area contributed by atoms with E-state index in [-0.39, 0.29) is 17.0 Å². The van der Waals surface area contributed by atoms with Crippen LogP contribution < -0.4 is 0 Å². The second-order valence-corrected chi connectivity index (χ2v) is 2.34. The van der Waals surface area contributed by atoms with Gasteiger partial charge in [-0.05, 0) is 19.6 Å². The van der Waals surface area contributed by atoms with Crippen LogP contribution in [0.15, 0.2) is 30.3 Å². The van der Waals surface area contributed by atoms with Crippen LogP contribution in [0.1, 0.15) is 9.68 Å². The molecule has 0 unspecified atom stereocenters. The van der Waals surface area contributed by atoms with Crippen molar-refractivity contribution >= 4 is 17.0 Å². The van der Waals surface area contributed by atoms with E-state index in [0.29, 0.717) is 6.54 Å². The molecule has 0 aromatic heterocycles. The van der Waals surface area contributed by atoms with Crippen LogP contribution in [-0.4, -0.2) is 18.9 Å². The lowest BCUT2D eigenvalue weighted by Gasteiger charge is -2.08. The topological polar surface area (TPSA) is 3.24 Å². The molecule has 0 fully saturated rings. The van der Waals surface area contributed by atoms with Crippen molar-refractivity contribution in [1.82, 2.24) is 4.90 Å². The van der Waals surface area contributed by atoms with Crippen molar-refractivity contribution in [3.8, 4) is 0 Å². The van der Waals surface area contributed by atoms with Crippen LogP contribution in [0.3, 0.4) is 0 Å². The fourth-order valence-corrected chi connectivity index (χ4v) is 0.857. The van der Waals surface area contributed by atoms with Gasteiger partial charge in [-0.25, -0.2) is 0 Å². The number of hydrogen-bond acceptors (Lipinski definition) is 1. The minimum atomic E-state index is -2.00. The quantitative estimate of drug-likeness (QED) is 0.737. The first kappa shape index (κ1) is 6.21. The molecule has 1 nitrogen and oxygen atoms in total. The number of nitrogens with zero attached hydrogens (tertiary/aromatic N) is 1. The van der Waals surface area contributed by atoms with Gasteiger partial charge in [0.25, 0.3) is 0 Å². The van der Waals surface area contributed by atoms with Crippen LogP contribution in [0.2, 0.25) is 0 Å². The maximum Gasteiger partial charge on any atom is 0.0394 e. The van der Waals surface area contributed by atoms with Crippen molar-refractivity contribution in [3.05, 3.63) is 35.9 Å². The first-order valence-corrected chi connectivity index (χ1v) is 3.25. The molecule has 11 heavy (non-hydrogen) atoms. The molecule has 0 aliphatic carbocycles. The van der Waals surface area contributed by atoms with Crippen LogP contribution in [-0.2, 0) is 6.54 Å². The highest BCUT2D eigenvalue weighted by Gasteiger charge is 1.90. The Morgan fingerprint density at radius 3 is 2.55 bits per heavy atom. The lowest BCUT2D eigenvalue weighted by atomic mass is 10.2. The minimum absolute atomic E-state index is 0. The predicted molar refractivity (Wildman–Crippen MR) is 54.2 cm³/mol. The highest BCUT2D eigenvalue weighted by molar-refractivity contribution is 8.93. The minimum Gasteiger partial charge on any atom is -0.305 e. The molecule has 0 spiro atoms. The van der Waals surface area contributed by atoms with E-state index in [0.717, 1.165) is 5.56 Å². The zero-order valence-corrected chi connectivity index (χ0v) is 8.16. The van der Waals surface area contributed by atoms with Gasteiger partial charge in [0.1, 0.15) is 0 Å². The molecule has 0 aliphatic heterocycles. The summed E-state index contributed by atoms with van der Waals surface area (Å²) in [4.78, 5) is 1.35. The Morgan fingerprint density at radius 1 is 1.36 bits per heavy atom. The molecule has 0 amide bonds. The van der Waals surface area contributed by atoms with Crippen molar-refractivity contribution < 1.29 is 4.11 Å². The van der Waals surface area contributed by atoms with Crippen molar-refractivity contribution in [3.63, 3.8) is 0 Å². The van der Waals surface area contributed by atoms with Crippen molar-refractivity contribution in [2.45, 2.75) is 6.54 Å². The Balaban J connectivity index is 0.00000169. The first-order valence-electron chi connectivity index (χ1n) is 4.75. The number of rotatable bonds is 2. The second kappa shape index (κ2) is 5.33. The van der Waals surface area contributed by atoms with E-state index < -0.39 is 6.98 Å². The Labute approximate surface area is 83.0 Å². The zero-order chi connectivity index (χ0) is 9.90. The van der Waals surface area contributed by atoms with Gasteiger partial charge in [-0.1, -0.05) is 30.3 Å². The number of halogens is 1. The fourth-order valence-electron chi connectivity index (χ4n) is 0.857. The van der Waals surface area contributed by atoms with Gasteiger partial charge in [-0.3, -0.25) is 0 Å². The highest BCUT2D eigenvalue weighted by Crippen LogP contribution is 1.99. The van der Waals surface area contributed by atoms with Crippen LogP contribution in [0, 0.1) is 0 Å². The summed E-state index contributed by atoms with van der Waals surface area (Å²) in [7, 11) is 1.60. The summed E-state index contributed by atoms with van der Waals surface area (Å²) in [5, 5.41) is 0. The van der Waals surface area contributed by atoms with Gasteiger partial charge < -0.3 is 4.90 Å². The Morgan fingerprint density at radius 2 is 2.00 bits per heavy atom. The molecule has 2 heteroatoms. The van der Waals surface area contributed by atoms with E-state index in [1.165, 1.54) is 4.90 Å². The molecule has 62 valence electrons. The Hall–Kier alpha value is -0.340. The number of benzene rings is 1. The summed E-state index contributed by atoms with van der Waals surface area (Å²) >= 11 is 0. The van der Waals surface area contributed by atoms with Crippen LogP contribution >= 0.6 is 17.0 Å². The van der Waals surface area contributed by atoms with Gasteiger partial charge in [0.15, 0.2) is 0 Å². The van der Waals surface area contributed by atoms with Crippen LogP contribution in [0.4, 0.5) is 0 Å². The molecule has 0 bridgehead atoms. The molecule has 0 heterocycles. The third kappa shape index (κ3) is 4.17. The third-order valence-corrected chi connectivity index (χ3v) is 1.26. The lowest BCUT2D eigenvalue weighted by molar-refractivity contribution is 0.402. The largest absolute Gasteiger partial charge is 0.305 e. The van der Waals surface area contributed by atoms with Gasteiger partial charge in [0.05, 0.1) is 0 Å². The molecule has 0 atom stereocenters. The summed E-state index contributed by atoms with van der Waals surface area (Å²) in [6.45, 7) is -1.55. The van der Waals surface area contributed by atoms with Gasteiger partial charge in [-0.2, -0.15) is 0 Å². The van der Waals surface area contributed by atoms with Gasteiger partial charge in [-0.15, -0.1) is 17.0 Å². The summed E-state index contributed by atoms with van der Waals surface area (Å²) in [5.74, 6) is 0. The fraction of sp³-hybridized carbons (Fsp3) is 0.333. The highest BCUT2D eigenvalue weighted by atomic mass is 79.9. The van der Waals surface area contributed by atoms with Crippen molar-refractivity contribution in [2.75, 3.05) is 14.0 Å². The SMILES string of the molecule is Br.[2H]C([2H])([2H])N(C)Cc1ccccc1. The van der Waals surface area contributed by atoms with Gasteiger partial charge >= 0.3 is 0 Å². The molecule has 0 saturated carbocycles. The Bertz CT molecular complexity index is 261. The van der Waals surface area contributed by atoms with Crippen LogP contribution in [0.5, 0.6) is 0 Å². The van der Waals surface area contributed by atoms with E-state index in [2.05, 4.69) is 0 Å². The third-order valence-electron chi connectivity index (χ3n) is 1.26. The van der Waals surface area contributed by atoms with Crippen molar-refractivity contribution in [1.29, 1.82) is 0 Å². The van der Waals surface area contributed by atoms with Crippen LogP contribution in [0.25, 0.3) is 0 Å². The molecular formula is C9H14BrN. The van der Waals surface area contributed by atoms with E-state index in [1.807, 2.05) is 30.3 Å². The van der Waals surface area contributed by atoms with E-state index >= 15 is 0 Å². The molecule has 0 saturated heterocycles. The van der Waals surface area contributed by atoms with Gasteiger partial charge in [0.2, 0.25) is 0 Å². The molecule has 1 aromatic rings. The molecule has 0 N–H and O–H groups in total. The number of hydrogen-bond donors (Lipinski definition) is 0. The Kier molecular flexibility index (Phi) is 3.01. The maximum atomic E-state index is 7.15. The molecule has 0 radical (unpaired) electrons. The molecule has 1 aromatic carbocycles. The summed E-state index contributed by atoms with van der Waals surface area (Å²) < 4.78 is 21.4. The van der Waals surface area contributed by atoms with Gasteiger partial charge in [0, 0.05) is 10.7 Å². The van der Waals surface area contributed by atoms with E-state index in [1.54, 1.807) is 7.05 Å². The molecule has 0 aliphatic rings. The zero-order valence-electron chi connectivity index (χ0n) is 9.45. The molecule has 1 rings (SSSR count). The summed E-state index contributed by atoms with van der Waals surface area (Å²) in [5.41, 5.74) is 1.01. The standard InChI is InChI=1S/C9H13N.BrH/c1-10(2)8-9-6-4-3-5-7-9;/h3-7H,8H2,1-2H3;1H/i1D3;. The average molecular weight is 219 g/mol. The average Bonchev–Trinajstić information content (AvgIpc) is 2.04. The molecular weight excluding hydrogens is 202 g/mol.